The molecule has 0 saturated carbocycles. The highest BCUT2D eigenvalue weighted by Gasteiger charge is 2.05. The molecule has 148 valence electrons. The molecule has 0 saturated heterocycles. The number of carbonyl (C=O) groups is 2. The normalized spacial score (nSPS) is 10.6. The molecule has 0 fully saturated rings. The van der Waals surface area contributed by atoms with Crippen molar-refractivity contribution in [1.29, 1.82) is 0 Å². The Hall–Kier alpha value is -1.06. The maximum Gasteiger partial charge on any atom is 0.307 e. The highest BCUT2D eigenvalue weighted by molar-refractivity contribution is 5.76. The minimum atomic E-state index is -0.204. The van der Waals surface area contributed by atoms with Crippen LogP contribution < -0.4 is 5.32 Å². The van der Waals surface area contributed by atoms with Crippen LogP contribution in [0.1, 0.15) is 110 Å². The number of hydrogen-bond acceptors (Lipinski definition) is 3. The van der Waals surface area contributed by atoms with E-state index < -0.39 is 0 Å². The zero-order chi connectivity index (χ0) is 18.6. The Bertz CT molecular complexity index is 318. The first-order valence-corrected chi connectivity index (χ1v) is 10.6. The van der Waals surface area contributed by atoms with Gasteiger partial charge in [0.15, 0.2) is 0 Å². The quantitative estimate of drug-likeness (QED) is 0.259. The van der Waals surface area contributed by atoms with E-state index in [2.05, 4.69) is 19.2 Å². The van der Waals surface area contributed by atoms with Crippen molar-refractivity contribution in [3.8, 4) is 0 Å². The van der Waals surface area contributed by atoms with E-state index in [1.807, 2.05) is 0 Å². The van der Waals surface area contributed by atoms with Gasteiger partial charge in [-0.05, 0) is 12.8 Å². The van der Waals surface area contributed by atoms with Crippen molar-refractivity contribution in [3.05, 3.63) is 0 Å². The molecule has 0 atom stereocenters. The Labute approximate surface area is 155 Å². The second-order valence-electron chi connectivity index (χ2n) is 6.96. The van der Waals surface area contributed by atoms with Crippen LogP contribution >= 0.6 is 0 Å². The first kappa shape index (κ1) is 23.9. The molecule has 1 N–H and O–H groups in total. The molecular formula is C21H41NO3. The average molecular weight is 356 g/mol. The molecule has 0 heterocycles. The minimum Gasteiger partial charge on any atom is -0.466 e. The third-order valence-corrected chi connectivity index (χ3v) is 4.42. The van der Waals surface area contributed by atoms with E-state index in [0.29, 0.717) is 19.6 Å². The van der Waals surface area contributed by atoms with Gasteiger partial charge >= 0.3 is 5.97 Å². The average Bonchev–Trinajstić information content (AvgIpc) is 2.60. The lowest BCUT2D eigenvalue weighted by atomic mass is 10.1. The molecule has 4 heteroatoms. The number of amides is 1. The summed E-state index contributed by atoms with van der Waals surface area (Å²) in [5.41, 5.74) is 0. The van der Waals surface area contributed by atoms with Gasteiger partial charge in [-0.1, -0.05) is 84.5 Å². The summed E-state index contributed by atoms with van der Waals surface area (Å²) in [6, 6.07) is 0. The van der Waals surface area contributed by atoms with E-state index in [4.69, 9.17) is 4.74 Å². The molecule has 25 heavy (non-hydrogen) atoms. The van der Waals surface area contributed by atoms with Crippen molar-refractivity contribution in [3.63, 3.8) is 0 Å². The lowest BCUT2D eigenvalue weighted by Crippen LogP contribution is -2.26. The first-order chi connectivity index (χ1) is 12.2. The van der Waals surface area contributed by atoms with Gasteiger partial charge in [0.25, 0.3) is 0 Å². The Morgan fingerprint density at radius 1 is 0.680 bits per heavy atom. The Morgan fingerprint density at radius 3 is 1.80 bits per heavy atom. The van der Waals surface area contributed by atoms with Crippen molar-refractivity contribution in [1.82, 2.24) is 5.32 Å². The fourth-order valence-corrected chi connectivity index (χ4v) is 2.78. The zero-order valence-corrected chi connectivity index (χ0v) is 16.7. The van der Waals surface area contributed by atoms with E-state index in [1.165, 1.54) is 51.4 Å². The van der Waals surface area contributed by atoms with Gasteiger partial charge in [-0.25, -0.2) is 0 Å². The van der Waals surface area contributed by atoms with E-state index in [0.717, 1.165) is 32.1 Å². The van der Waals surface area contributed by atoms with Crippen LogP contribution in [0.25, 0.3) is 0 Å². The number of rotatable bonds is 18. The van der Waals surface area contributed by atoms with Crippen LogP contribution in [0.2, 0.25) is 0 Å². The van der Waals surface area contributed by atoms with Gasteiger partial charge in [0.2, 0.25) is 5.91 Å². The molecule has 0 unspecified atom stereocenters. The van der Waals surface area contributed by atoms with Crippen molar-refractivity contribution < 1.29 is 14.3 Å². The second kappa shape index (κ2) is 19.3. The molecule has 0 aromatic carbocycles. The van der Waals surface area contributed by atoms with Crippen molar-refractivity contribution >= 4 is 11.9 Å². The smallest absolute Gasteiger partial charge is 0.307 e. The van der Waals surface area contributed by atoms with Crippen LogP contribution in [0.15, 0.2) is 0 Å². The third-order valence-electron chi connectivity index (χ3n) is 4.42. The number of carbonyl (C=O) groups excluding carboxylic acids is 2. The molecule has 0 spiro atoms. The third kappa shape index (κ3) is 19.1. The minimum absolute atomic E-state index is 0.0379. The molecule has 0 aliphatic heterocycles. The van der Waals surface area contributed by atoms with Gasteiger partial charge in [-0.3, -0.25) is 9.59 Å². The van der Waals surface area contributed by atoms with Crippen LogP contribution in [0.5, 0.6) is 0 Å². The largest absolute Gasteiger partial charge is 0.466 e. The molecule has 0 aliphatic carbocycles. The van der Waals surface area contributed by atoms with E-state index in [-0.39, 0.29) is 18.3 Å². The van der Waals surface area contributed by atoms with E-state index in [1.54, 1.807) is 0 Å². The summed E-state index contributed by atoms with van der Waals surface area (Å²) in [6.07, 6.45) is 16.7. The summed E-state index contributed by atoms with van der Waals surface area (Å²) in [6.45, 7) is 5.27. The van der Waals surface area contributed by atoms with Gasteiger partial charge in [0.05, 0.1) is 13.0 Å². The molecule has 0 aromatic heterocycles. The molecule has 1 amide bonds. The Morgan fingerprint density at radius 2 is 1.20 bits per heavy atom. The maximum atomic E-state index is 11.6. The highest BCUT2D eigenvalue weighted by atomic mass is 16.5. The van der Waals surface area contributed by atoms with Gasteiger partial charge in [0.1, 0.15) is 0 Å². The molecule has 0 radical (unpaired) electrons. The maximum absolute atomic E-state index is 11.6. The van der Waals surface area contributed by atoms with Crippen molar-refractivity contribution in [2.45, 2.75) is 110 Å². The van der Waals surface area contributed by atoms with Crippen LogP contribution in [0.3, 0.4) is 0 Å². The van der Waals surface area contributed by atoms with E-state index >= 15 is 0 Å². The first-order valence-electron chi connectivity index (χ1n) is 10.6. The lowest BCUT2D eigenvalue weighted by molar-refractivity contribution is -0.143. The molecule has 0 aromatic rings. The lowest BCUT2D eigenvalue weighted by Gasteiger charge is -2.06. The van der Waals surface area contributed by atoms with Gasteiger partial charge in [0, 0.05) is 13.0 Å². The number of hydrogen-bond donors (Lipinski definition) is 1. The summed E-state index contributed by atoms with van der Waals surface area (Å²) >= 11 is 0. The topological polar surface area (TPSA) is 55.4 Å². The second-order valence-corrected chi connectivity index (χ2v) is 6.96. The van der Waals surface area contributed by atoms with Crippen molar-refractivity contribution in [2.24, 2.45) is 0 Å². The molecule has 4 nitrogen and oxygen atoms in total. The summed E-state index contributed by atoms with van der Waals surface area (Å²) < 4.78 is 5.20. The van der Waals surface area contributed by atoms with Gasteiger partial charge in [-0.2, -0.15) is 0 Å². The van der Waals surface area contributed by atoms with E-state index in [9.17, 15) is 9.59 Å². The Kier molecular flexibility index (Phi) is 18.5. The van der Waals surface area contributed by atoms with Crippen LogP contribution in [0.4, 0.5) is 0 Å². The highest BCUT2D eigenvalue weighted by Crippen LogP contribution is 2.10. The Balaban J connectivity index is 3.26. The standard InChI is InChI=1S/C21H41NO3/c1-3-5-7-8-9-10-11-12-13-15-19-25-21(24)17-18-22-20(23)16-14-6-4-2/h3-19H2,1-2H3,(H,22,23). The number of esters is 1. The van der Waals surface area contributed by atoms with Crippen LogP contribution in [0, 0.1) is 0 Å². The van der Waals surface area contributed by atoms with Crippen molar-refractivity contribution in [2.75, 3.05) is 13.2 Å². The van der Waals surface area contributed by atoms with Crippen LogP contribution in [-0.2, 0) is 14.3 Å². The number of unbranched alkanes of at least 4 members (excludes halogenated alkanes) is 11. The molecule has 0 rings (SSSR count). The van der Waals surface area contributed by atoms with Gasteiger partial charge in [-0.15, -0.1) is 0 Å². The molecule has 0 aliphatic rings. The number of ether oxygens (including phenoxy) is 1. The summed E-state index contributed by atoms with van der Waals surface area (Å²) in [5, 5.41) is 2.78. The zero-order valence-electron chi connectivity index (χ0n) is 16.7. The predicted molar refractivity (Wildman–Crippen MR) is 105 cm³/mol. The van der Waals surface area contributed by atoms with Gasteiger partial charge < -0.3 is 10.1 Å². The SMILES string of the molecule is CCCCCCCCCCCCOC(=O)CCNC(=O)CCCCC. The summed E-state index contributed by atoms with van der Waals surface area (Å²) in [4.78, 5) is 23.1. The summed E-state index contributed by atoms with van der Waals surface area (Å²) in [7, 11) is 0. The summed E-state index contributed by atoms with van der Waals surface area (Å²) in [5.74, 6) is -0.166. The molecular weight excluding hydrogens is 314 g/mol. The monoisotopic (exact) mass is 355 g/mol. The van der Waals surface area contributed by atoms with Crippen LogP contribution in [-0.4, -0.2) is 25.0 Å². The molecule has 0 bridgehead atoms. The number of nitrogens with one attached hydrogen (secondary N) is 1. The fraction of sp³-hybridized carbons (Fsp3) is 0.905. The fourth-order valence-electron chi connectivity index (χ4n) is 2.78. The predicted octanol–water partition coefficient (Wildman–Crippen LogP) is 5.54.